The zero-order valence-electron chi connectivity index (χ0n) is 19.1. The first-order chi connectivity index (χ1) is 15.9. The zero-order chi connectivity index (χ0) is 23.4. The largest absolute Gasteiger partial charge is 0.481 e. The van der Waals surface area contributed by atoms with E-state index >= 15 is 0 Å². The SMILES string of the molecule is C[C@H](CCc1ccc(Cl)cc1Oc1ccc(-c2cnc(CN3CCCC3)n2C)cc1)C(=O)O. The fourth-order valence-electron chi connectivity index (χ4n) is 4.15. The van der Waals surface area contributed by atoms with Crippen molar-refractivity contribution in [3.8, 4) is 22.8 Å². The summed E-state index contributed by atoms with van der Waals surface area (Å²) >= 11 is 6.19. The summed E-state index contributed by atoms with van der Waals surface area (Å²) in [5.74, 6) is 1.23. The molecule has 0 spiro atoms. The van der Waals surface area contributed by atoms with Crippen molar-refractivity contribution in [2.24, 2.45) is 13.0 Å². The van der Waals surface area contributed by atoms with Gasteiger partial charge in [0.2, 0.25) is 0 Å². The van der Waals surface area contributed by atoms with Gasteiger partial charge >= 0.3 is 5.97 Å². The zero-order valence-corrected chi connectivity index (χ0v) is 19.9. The fourth-order valence-corrected chi connectivity index (χ4v) is 4.31. The van der Waals surface area contributed by atoms with Gasteiger partial charge in [-0.2, -0.15) is 0 Å². The lowest BCUT2D eigenvalue weighted by molar-refractivity contribution is -0.141. The van der Waals surface area contributed by atoms with Crippen molar-refractivity contribution in [3.05, 3.63) is 65.1 Å². The van der Waals surface area contributed by atoms with Gasteiger partial charge in [-0.1, -0.05) is 24.6 Å². The summed E-state index contributed by atoms with van der Waals surface area (Å²) in [6, 6.07) is 13.4. The number of hydrogen-bond donors (Lipinski definition) is 1. The smallest absolute Gasteiger partial charge is 0.306 e. The molecule has 1 aliphatic rings. The van der Waals surface area contributed by atoms with Crippen LogP contribution in [0.3, 0.4) is 0 Å². The number of aliphatic carboxylic acids is 1. The van der Waals surface area contributed by atoms with E-state index in [9.17, 15) is 4.79 Å². The molecule has 6 nitrogen and oxygen atoms in total. The number of likely N-dealkylation sites (tertiary alicyclic amines) is 1. The van der Waals surface area contributed by atoms with Crippen LogP contribution in [0.4, 0.5) is 0 Å². The number of hydrogen-bond acceptors (Lipinski definition) is 4. The van der Waals surface area contributed by atoms with E-state index in [2.05, 4.69) is 21.5 Å². The Morgan fingerprint density at radius 1 is 1.18 bits per heavy atom. The highest BCUT2D eigenvalue weighted by atomic mass is 35.5. The lowest BCUT2D eigenvalue weighted by Gasteiger charge is -2.15. The first-order valence-electron chi connectivity index (χ1n) is 11.4. The maximum Gasteiger partial charge on any atom is 0.306 e. The van der Waals surface area contributed by atoms with Crippen LogP contribution in [0.2, 0.25) is 5.02 Å². The summed E-state index contributed by atoms with van der Waals surface area (Å²) in [5.41, 5.74) is 3.09. The quantitative estimate of drug-likeness (QED) is 0.432. The normalized spacial score (nSPS) is 15.0. The highest BCUT2D eigenvalue weighted by Gasteiger charge is 2.17. The molecular weight excluding hydrogens is 438 g/mol. The molecule has 1 aliphatic heterocycles. The van der Waals surface area contributed by atoms with Crippen LogP contribution in [-0.2, 0) is 24.8 Å². The third-order valence-corrected chi connectivity index (χ3v) is 6.56. The average Bonchev–Trinajstić information content (AvgIpc) is 3.44. The number of ether oxygens (including phenoxy) is 1. The fraction of sp³-hybridized carbons (Fsp3) is 0.385. The minimum Gasteiger partial charge on any atom is -0.481 e. The highest BCUT2D eigenvalue weighted by Crippen LogP contribution is 2.31. The van der Waals surface area contributed by atoms with Gasteiger partial charge < -0.3 is 14.4 Å². The number of carbonyl (C=O) groups is 1. The number of carboxylic acid groups (broad SMARTS) is 1. The van der Waals surface area contributed by atoms with Gasteiger partial charge in [0.15, 0.2) is 0 Å². The first kappa shape index (κ1) is 23.3. The standard InChI is InChI=1S/C26H30ClN3O3/c1-18(26(31)32)5-6-20-7-10-21(27)15-24(20)33-22-11-8-19(9-12-22)23-16-28-25(29(23)2)17-30-13-3-4-14-30/h7-12,15-16,18H,3-6,13-14,17H2,1-2H3,(H,31,32)/t18-/m1/s1. The molecule has 0 unspecified atom stereocenters. The van der Waals surface area contributed by atoms with Gasteiger partial charge in [0, 0.05) is 17.6 Å². The molecule has 1 N–H and O–H groups in total. The second kappa shape index (κ2) is 10.4. The summed E-state index contributed by atoms with van der Waals surface area (Å²) in [4.78, 5) is 18.2. The molecule has 4 rings (SSSR count). The lowest BCUT2D eigenvalue weighted by Crippen LogP contribution is -2.20. The molecule has 1 aromatic heterocycles. The number of aryl methyl sites for hydroxylation is 1. The molecule has 1 atom stereocenters. The number of imidazole rings is 1. The number of carboxylic acids is 1. The van der Waals surface area contributed by atoms with Gasteiger partial charge in [-0.3, -0.25) is 9.69 Å². The Bertz CT molecular complexity index is 1100. The Hall–Kier alpha value is -2.83. The van der Waals surface area contributed by atoms with E-state index in [0.29, 0.717) is 29.4 Å². The van der Waals surface area contributed by atoms with E-state index in [-0.39, 0.29) is 0 Å². The van der Waals surface area contributed by atoms with Crippen molar-refractivity contribution in [1.82, 2.24) is 14.5 Å². The van der Waals surface area contributed by atoms with Crippen molar-refractivity contribution in [2.75, 3.05) is 13.1 Å². The van der Waals surface area contributed by atoms with Gasteiger partial charge in [-0.15, -0.1) is 0 Å². The van der Waals surface area contributed by atoms with Gasteiger partial charge in [0.1, 0.15) is 17.3 Å². The summed E-state index contributed by atoms with van der Waals surface area (Å²) < 4.78 is 8.30. The van der Waals surface area contributed by atoms with Gasteiger partial charge in [-0.25, -0.2) is 4.98 Å². The average molecular weight is 468 g/mol. The maximum absolute atomic E-state index is 11.2. The molecule has 1 saturated heterocycles. The topological polar surface area (TPSA) is 67.6 Å². The second-order valence-corrected chi connectivity index (χ2v) is 9.19. The third kappa shape index (κ3) is 5.75. The molecule has 3 aromatic rings. The number of nitrogens with zero attached hydrogens (tertiary/aromatic N) is 3. The summed E-state index contributed by atoms with van der Waals surface area (Å²) in [6.45, 7) is 4.89. The number of rotatable bonds is 9. The highest BCUT2D eigenvalue weighted by molar-refractivity contribution is 6.30. The van der Waals surface area contributed by atoms with Crippen LogP contribution in [0.5, 0.6) is 11.5 Å². The van der Waals surface area contributed by atoms with Gasteiger partial charge in [0.05, 0.1) is 24.4 Å². The molecule has 33 heavy (non-hydrogen) atoms. The van der Waals surface area contributed by atoms with Gasteiger partial charge in [0.25, 0.3) is 0 Å². The molecule has 174 valence electrons. The number of benzene rings is 2. The second-order valence-electron chi connectivity index (χ2n) is 8.76. The van der Waals surface area contributed by atoms with Crippen molar-refractivity contribution in [3.63, 3.8) is 0 Å². The molecule has 0 radical (unpaired) electrons. The van der Waals surface area contributed by atoms with Crippen LogP contribution in [0.25, 0.3) is 11.3 Å². The van der Waals surface area contributed by atoms with Crippen molar-refractivity contribution in [1.29, 1.82) is 0 Å². The molecule has 2 aromatic carbocycles. The minimum atomic E-state index is -0.791. The molecule has 0 aliphatic carbocycles. The molecule has 0 bridgehead atoms. The monoisotopic (exact) mass is 467 g/mol. The summed E-state index contributed by atoms with van der Waals surface area (Å²) in [5, 5.41) is 9.74. The lowest BCUT2D eigenvalue weighted by atomic mass is 10.0. The Morgan fingerprint density at radius 2 is 1.91 bits per heavy atom. The Morgan fingerprint density at radius 3 is 2.61 bits per heavy atom. The maximum atomic E-state index is 11.2. The van der Waals surface area contributed by atoms with Crippen LogP contribution in [0, 0.1) is 5.92 Å². The summed E-state index contributed by atoms with van der Waals surface area (Å²) in [7, 11) is 2.06. The van der Waals surface area contributed by atoms with E-state index < -0.39 is 11.9 Å². The van der Waals surface area contributed by atoms with Crippen LogP contribution >= 0.6 is 11.6 Å². The number of halogens is 1. The molecular formula is C26H30ClN3O3. The van der Waals surface area contributed by atoms with Crippen LogP contribution in [-0.4, -0.2) is 38.6 Å². The van der Waals surface area contributed by atoms with E-state index in [1.54, 1.807) is 19.1 Å². The predicted molar refractivity (Wildman–Crippen MR) is 130 cm³/mol. The Balaban J connectivity index is 1.47. The molecule has 0 amide bonds. The van der Waals surface area contributed by atoms with E-state index in [0.717, 1.165) is 42.3 Å². The first-order valence-corrected chi connectivity index (χ1v) is 11.8. The molecule has 1 fully saturated rings. The van der Waals surface area contributed by atoms with Crippen LogP contribution in [0.1, 0.15) is 37.6 Å². The Kier molecular flexibility index (Phi) is 7.36. The molecule has 0 saturated carbocycles. The van der Waals surface area contributed by atoms with Crippen LogP contribution < -0.4 is 4.74 Å². The molecule has 2 heterocycles. The van der Waals surface area contributed by atoms with Crippen molar-refractivity contribution >= 4 is 17.6 Å². The van der Waals surface area contributed by atoms with E-state index in [1.807, 2.05) is 36.5 Å². The van der Waals surface area contributed by atoms with E-state index in [1.165, 1.54) is 12.8 Å². The van der Waals surface area contributed by atoms with Crippen molar-refractivity contribution in [2.45, 2.75) is 39.2 Å². The van der Waals surface area contributed by atoms with Gasteiger partial charge in [-0.05, 0) is 80.7 Å². The van der Waals surface area contributed by atoms with Crippen LogP contribution in [0.15, 0.2) is 48.7 Å². The Labute approximate surface area is 199 Å². The predicted octanol–water partition coefficient (Wildman–Crippen LogP) is 5.78. The minimum absolute atomic E-state index is 0.415. The third-order valence-electron chi connectivity index (χ3n) is 6.32. The van der Waals surface area contributed by atoms with Crippen molar-refractivity contribution < 1.29 is 14.6 Å². The number of aromatic nitrogens is 2. The van der Waals surface area contributed by atoms with E-state index in [4.69, 9.17) is 21.4 Å². The molecule has 7 heteroatoms. The summed E-state index contributed by atoms with van der Waals surface area (Å²) in [6.07, 6.45) is 5.61.